The molecule has 6 nitrogen and oxygen atoms in total. The number of para-hydroxylation sites is 2. The molecule has 0 unspecified atom stereocenters. The van der Waals surface area contributed by atoms with Crippen LogP contribution in [-0.4, -0.2) is 33.0 Å². The number of amides is 1. The molecule has 2 aromatic rings. The number of aryl methyl sites for hydroxylation is 1. The van der Waals surface area contributed by atoms with Gasteiger partial charge in [0, 0.05) is 6.04 Å². The predicted octanol–water partition coefficient (Wildman–Crippen LogP) is 4.22. The number of rotatable bonds is 6. The third-order valence-electron chi connectivity index (χ3n) is 4.79. The highest BCUT2D eigenvalue weighted by molar-refractivity contribution is 8.00. The zero-order valence-electron chi connectivity index (χ0n) is 15.6. The van der Waals surface area contributed by atoms with Crippen LogP contribution in [0.4, 0.5) is 5.69 Å². The topological polar surface area (TPSA) is 69.0 Å². The minimum absolute atomic E-state index is 0.0738. The Morgan fingerprint density at radius 3 is 2.73 bits per heavy atom. The first-order valence-corrected chi connectivity index (χ1v) is 10.00. The highest BCUT2D eigenvalue weighted by atomic mass is 32.2. The first kappa shape index (κ1) is 18.8. The molecule has 0 aliphatic heterocycles. The average Bonchev–Trinajstić information content (AvgIpc) is 3.03. The van der Waals surface area contributed by atoms with Crippen molar-refractivity contribution in [3.8, 4) is 5.75 Å². The monoisotopic (exact) mass is 374 g/mol. The number of nitrogens with one attached hydrogen (secondary N) is 1. The lowest BCUT2D eigenvalue weighted by Crippen LogP contribution is -2.24. The second-order valence-corrected chi connectivity index (χ2v) is 7.95. The van der Waals surface area contributed by atoms with Crippen LogP contribution in [0, 0.1) is 6.92 Å². The first-order chi connectivity index (χ1) is 12.6. The normalized spacial score (nSPS) is 16.3. The highest BCUT2D eigenvalue weighted by Crippen LogP contribution is 2.34. The smallest absolute Gasteiger partial charge is 0.237 e. The van der Waals surface area contributed by atoms with Crippen molar-refractivity contribution in [2.45, 2.75) is 62.4 Å². The van der Waals surface area contributed by atoms with E-state index in [1.807, 2.05) is 38.1 Å². The summed E-state index contributed by atoms with van der Waals surface area (Å²) in [6.45, 7) is 3.88. The highest BCUT2D eigenvalue weighted by Gasteiger charge is 2.24. The van der Waals surface area contributed by atoms with Crippen molar-refractivity contribution in [3.05, 3.63) is 30.1 Å². The summed E-state index contributed by atoms with van der Waals surface area (Å²) < 4.78 is 7.52. The third kappa shape index (κ3) is 4.20. The van der Waals surface area contributed by atoms with Crippen LogP contribution in [0.5, 0.6) is 5.75 Å². The number of ether oxygens (including phenoxy) is 1. The molecule has 1 aromatic heterocycles. The van der Waals surface area contributed by atoms with Crippen molar-refractivity contribution in [1.82, 2.24) is 14.8 Å². The summed E-state index contributed by atoms with van der Waals surface area (Å²) in [5.41, 5.74) is 0.678. The Labute approximate surface area is 158 Å². The molecule has 3 rings (SSSR count). The lowest BCUT2D eigenvalue weighted by molar-refractivity contribution is -0.115. The summed E-state index contributed by atoms with van der Waals surface area (Å²) >= 11 is 1.46. The second kappa shape index (κ2) is 8.58. The van der Waals surface area contributed by atoms with Crippen LogP contribution in [0.2, 0.25) is 0 Å². The molecule has 1 aromatic carbocycles. The van der Waals surface area contributed by atoms with Crippen LogP contribution >= 0.6 is 11.8 Å². The molecule has 140 valence electrons. The van der Waals surface area contributed by atoms with Gasteiger partial charge < -0.3 is 14.6 Å². The van der Waals surface area contributed by atoms with Gasteiger partial charge in [0.15, 0.2) is 5.16 Å². The number of nitrogens with zero attached hydrogens (tertiary/aromatic N) is 3. The molecule has 0 radical (unpaired) electrons. The summed E-state index contributed by atoms with van der Waals surface area (Å²) in [6.07, 6.45) is 6.12. The molecule has 1 aliphatic rings. The van der Waals surface area contributed by atoms with Gasteiger partial charge in [-0.3, -0.25) is 4.79 Å². The molecule has 1 N–H and O–H groups in total. The number of thioether (sulfide) groups is 1. The largest absolute Gasteiger partial charge is 0.495 e. The minimum atomic E-state index is -0.286. The van der Waals surface area contributed by atoms with Crippen molar-refractivity contribution in [1.29, 1.82) is 0 Å². The van der Waals surface area contributed by atoms with Gasteiger partial charge in [-0.05, 0) is 38.8 Å². The number of anilines is 1. The minimum Gasteiger partial charge on any atom is -0.495 e. The SMILES string of the molecule is COc1ccccc1NC(=O)[C@@H](C)Sc1nnc(C)n1C1CCCCC1. The first-order valence-electron chi connectivity index (χ1n) is 9.12. The van der Waals surface area contributed by atoms with Gasteiger partial charge in [0.05, 0.1) is 18.0 Å². The van der Waals surface area contributed by atoms with Crippen LogP contribution in [0.25, 0.3) is 0 Å². The number of benzene rings is 1. The molecule has 26 heavy (non-hydrogen) atoms. The second-order valence-electron chi connectivity index (χ2n) is 6.64. The zero-order chi connectivity index (χ0) is 18.5. The maximum absolute atomic E-state index is 12.6. The maximum atomic E-state index is 12.6. The Kier molecular flexibility index (Phi) is 6.19. The Morgan fingerprint density at radius 1 is 1.27 bits per heavy atom. The number of carbonyl (C=O) groups is 1. The van der Waals surface area contributed by atoms with Crippen molar-refractivity contribution in [2.75, 3.05) is 12.4 Å². The van der Waals surface area contributed by atoms with E-state index >= 15 is 0 Å². The van der Waals surface area contributed by atoms with E-state index in [4.69, 9.17) is 4.74 Å². The van der Waals surface area contributed by atoms with Crippen LogP contribution < -0.4 is 10.1 Å². The van der Waals surface area contributed by atoms with Crippen molar-refractivity contribution in [2.24, 2.45) is 0 Å². The fraction of sp³-hybridized carbons (Fsp3) is 0.526. The molecule has 1 fully saturated rings. The van der Waals surface area contributed by atoms with Crippen LogP contribution in [0.1, 0.15) is 50.9 Å². The molecule has 0 bridgehead atoms. The van der Waals surface area contributed by atoms with Gasteiger partial charge in [-0.15, -0.1) is 10.2 Å². The molecule has 7 heteroatoms. The van der Waals surface area contributed by atoms with Gasteiger partial charge in [0.1, 0.15) is 11.6 Å². The zero-order valence-corrected chi connectivity index (χ0v) is 16.4. The summed E-state index contributed by atoms with van der Waals surface area (Å²) in [5.74, 6) is 1.51. The van der Waals surface area contributed by atoms with Crippen LogP contribution in [0.15, 0.2) is 29.4 Å². The number of hydrogen-bond donors (Lipinski definition) is 1. The summed E-state index contributed by atoms with van der Waals surface area (Å²) in [5, 5.41) is 12.1. The van der Waals surface area contributed by atoms with E-state index in [1.54, 1.807) is 7.11 Å². The third-order valence-corrected chi connectivity index (χ3v) is 5.85. The molecular weight excluding hydrogens is 348 g/mol. The lowest BCUT2D eigenvalue weighted by Gasteiger charge is -2.25. The Morgan fingerprint density at radius 2 is 2.00 bits per heavy atom. The molecule has 0 saturated heterocycles. The van der Waals surface area contributed by atoms with E-state index in [2.05, 4.69) is 20.1 Å². The standard InChI is InChI=1S/C19H26N4O2S/c1-13(18(24)20-16-11-7-8-12-17(16)25-3)26-19-22-21-14(2)23(19)15-9-5-4-6-10-15/h7-8,11-13,15H,4-6,9-10H2,1-3H3,(H,20,24)/t13-/m1/s1. The van der Waals surface area contributed by atoms with E-state index in [0.29, 0.717) is 17.5 Å². The van der Waals surface area contributed by atoms with E-state index in [1.165, 1.54) is 31.0 Å². The molecule has 1 amide bonds. The quantitative estimate of drug-likeness (QED) is 0.767. The van der Waals surface area contributed by atoms with E-state index in [9.17, 15) is 4.79 Å². The number of aromatic nitrogens is 3. The van der Waals surface area contributed by atoms with Crippen molar-refractivity contribution in [3.63, 3.8) is 0 Å². The van der Waals surface area contributed by atoms with Crippen molar-refractivity contribution >= 4 is 23.4 Å². The Hall–Kier alpha value is -2.02. The van der Waals surface area contributed by atoms with Crippen LogP contribution in [0.3, 0.4) is 0 Å². The summed E-state index contributed by atoms with van der Waals surface area (Å²) in [7, 11) is 1.60. The van der Waals surface area contributed by atoms with E-state index in [-0.39, 0.29) is 11.2 Å². The van der Waals surface area contributed by atoms with Gasteiger partial charge in [0.2, 0.25) is 5.91 Å². The van der Waals surface area contributed by atoms with Gasteiger partial charge in [-0.25, -0.2) is 0 Å². The van der Waals surface area contributed by atoms with Gasteiger partial charge >= 0.3 is 0 Å². The van der Waals surface area contributed by atoms with E-state index < -0.39 is 0 Å². The van der Waals surface area contributed by atoms with E-state index in [0.717, 1.165) is 23.8 Å². The number of carbonyl (C=O) groups excluding carboxylic acids is 1. The molecule has 1 heterocycles. The molecular formula is C19H26N4O2S. The molecule has 1 atom stereocenters. The summed E-state index contributed by atoms with van der Waals surface area (Å²) in [4.78, 5) is 12.6. The Balaban J connectivity index is 1.69. The van der Waals surface area contributed by atoms with Gasteiger partial charge in [0.25, 0.3) is 0 Å². The number of methoxy groups -OCH3 is 1. The summed E-state index contributed by atoms with van der Waals surface area (Å²) in [6, 6.07) is 7.87. The van der Waals surface area contributed by atoms with Gasteiger partial charge in [-0.1, -0.05) is 43.2 Å². The maximum Gasteiger partial charge on any atom is 0.237 e. The average molecular weight is 375 g/mol. The number of hydrogen-bond acceptors (Lipinski definition) is 5. The molecule has 1 aliphatic carbocycles. The van der Waals surface area contributed by atoms with Crippen molar-refractivity contribution < 1.29 is 9.53 Å². The van der Waals surface area contributed by atoms with Crippen LogP contribution in [-0.2, 0) is 4.79 Å². The molecule has 0 spiro atoms. The van der Waals surface area contributed by atoms with Gasteiger partial charge in [-0.2, -0.15) is 0 Å². The predicted molar refractivity (Wildman–Crippen MR) is 104 cm³/mol. The fourth-order valence-electron chi connectivity index (χ4n) is 3.38. The fourth-order valence-corrected chi connectivity index (χ4v) is 4.35. The Bertz CT molecular complexity index is 756. The lowest BCUT2D eigenvalue weighted by atomic mass is 9.95. The molecule has 1 saturated carbocycles.